The molecule has 0 spiro atoms. The number of nitrogens with one attached hydrogen (secondary N) is 1. The SMILES string of the molecule is CSCc1ccccc1NC(=O)N(C)CC(C)C(=O)O. The summed E-state index contributed by atoms with van der Waals surface area (Å²) in [5.41, 5.74) is 1.81. The maximum absolute atomic E-state index is 12.0. The molecule has 0 fully saturated rings. The van der Waals surface area contributed by atoms with Crippen LogP contribution in [-0.4, -0.2) is 41.9 Å². The summed E-state index contributed by atoms with van der Waals surface area (Å²) in [6, 6.07) is 7.30. The van der Waals surface area contributed by atoms with Crippen molar-refractivity contribution < 1.29 is 14.7 Å². The van der Waals surface area contributed by atoms with Crippen LogP contribution in [0, 0.1) is 5.92 Å². The van der Waals surface area contributed by atoms with Crippen molar-refractivity contribution in [2.45, 2.75) is 12.7 Å². The number of thioether (sulfide) groups is 1. The molecule has 2 N–H and O–H groups in total. The van der Waals surface area contributed by atoms with Gasteiger partial charge in [-0.15, -0.1) is 0 Å². The number of carbonyl (C=O) groups is 2. The fourth-order valence-electron chi connectivity index (χ4n) is 1.71. The van der Waals surface area contributed by atoms with Gasteiger partial charge in [-0.2, -0.15) is 11.8 Å². The first-order chi connectivity index (χ1) is 9.45. The average Bonchev–Trinajstić information content (AvgIpc) is 2.40. The van der Waals surface area contributed by atoms with Crippen LogP contribution in [0.25, 0.3) is 0 Å². The van der Waals surface area contributed by atoms with E-state index in [4.69, 9.17) is 5.11 Å². The summed E-state index contributed by atoms with van der Waals surface area (Å²) >= 11 is 1.68. The number of rotatable bonds is 6. The summed E-state index contributed by atoms with van der Waals surface area (Å²) in [7, 11) is 1.59. The number of hydrogen-bond donors (Lipinski definition) is 2. The third-order valence-electron chi connectivity index (χ3n) is 2.87. The highest BCUT2D eigenvalue weighted by Crippen LogP contribution is 2.20. The van der Waals surface area contributed by atoms with Crippen LogP contribution in [0.15, 0.2) is 24.3 Å². The molecule has 6 heteroatoms. The van der Waals surface area contributed by atoms with Crippen molar-refractivity contribution in [1.29, 1.82) is 0 Å². The maximum atomic E-state index is 12.0. The first-order valence-corrected chi connectivity index (χ1v) is 7.66. The van der Waals surface area contributed by atoms with Gasteiger partial charge >= 0.3 is 12.0 Å². The molecular formula is C14H20N2O3S. The van der Waals surface area contributed by atoms with E-state index in [0.29, 0.717) is 0 Å². The minimum atomic E-state index is -0.910. The fourth-order valence-corrected chi connectivity index (χ4v) is 2.27. The molecule has 110 valence electrons. The van der Waals surface area contributed by atoms with E-state index >= 15 is 0 Å². The number of carbonyl (C=O) groups excluding carboxylic acids is 1. The second-order valence-electron chi connectivity index (χ2n) is 4.64. The predicted molar refractivity (Wildman–Crippen MR) is 82.1 cm³/mol. The topological polar surface area (TPSA) is 69.6 Å². The molecule has 2 amide bonds. The van der Waals surface area contributed by atoms with Gasteiger partial charge in [0.2, 0.25) is 0 Å². The lowest BCUT2D eigenvalue weighted by Gasteiger charge is -2.21. The average molecular weight is 296 g/mol. The Morgan fingerprint density at radius 1 is 1.40 bits per heavy atom. The number of nitrogens with zero attached hydrogens (tertiary/aromatic N) is 1. The van der Waals surface area contributed by atoms with E-state index in [-0.39, 0.29) is 12.6 Å². The van der Waals surface area contributed by atoms with Crippen LogP contribution >= 0.6 is 11.8 Å². The molecule has 0 saturated heterocycles. The molecule has 1 unspecified atom stereocenters. The Labute approximate surface area is 123 Å². The number of hydrogen-bond acceptors (Lipinski definition) is 3. The highest BCUT2D eigenvalue weighted by atomic mass is 32.2. The second kappa shape index (κ2) is 7.79. The summed E-state index contributed by atoms with van der Waals surface area (Å²) in [6.45, 7) is 1.75. The largest absolute Gasteiger partial charge is 0.481 e. The Balaban J connectivity index is 2.68. The number of amides is 2. The normalized spacial score (nSPS) is 11.8. The molecule has 1 atom stereocenters. The first kappa shape index (κ1) is 16.4. The lowest BCUT2D eigenvalue weighted by molar-refractivity contribution is -0.141. The number of anilines is 1. The Morgan fingerprint density at radius 3 is 2.65 bits per heavy atom. The lowest BCUT2D eigenvalue weighted by atomic mass is 10.2. The molecule has 0 bridgehead atoms. The van der Waals surface area contributed by atoms with Gasteiger partial charge in [-0.25, -0.2) is 4.79 Å². The molecule has 5 nitrogen and oxygen atoms in total. The van der Waals surface area contributed by atoms with Crippen LogP contribution < -0.4 is 5.32 Å². The zero-order valence-corrected chi connectivity index (χ0v) is 12.7. The summed E-state index contributed by atoms with van der Waals surface area (Å²) < 4.78 is 0. The van der Waals surface area contributed by atoms with Gasteiger partial charge in [-0.1, -0.05) is 25.1 Å². The van der Waals surface area contributed by atoms with Crippen molar-refractivity contribution in [2.75, 3.05) is 25.2 Å². The zero-order valence-electron chi connectivity index (χ0n) is 11.9. The molecular weight excluding hydrogens is 276 g/mol. The van der Waals surface area contributed by atoms with Crippen LogP contribution in [0.5, 0.6) is 0 Å². The van der Waals surface area contributed by atoms with E-state index in [1.165, 1.54) is 4.90 Å². The van der Waals surface area contributed by atoms with E-state index in [0.717, 1.165) is 17.0 Å². The molecule has 20 heavy (non-hydrogen) atoms. The maximum Gasteiger partial charge on any atom is 0.321 e. The summed E-state index contributed by atoms with van der Waals surface area (Å²) in [6.07, 6.45) is 2.00. The van der Waals surface area contributed by atoms with Crippen LogP contribution in [-0.2, 0) is 10.5 Å². The van der Waals surface area contributed by atoms with Crippen LogP contribution in [0.2, 0.25) is 0 Å². The lowest BCUT2D eigenvalue weighted by Crippen LogP contribution is -2.36. The molecule has 0 aliphatic heterocycles. The molecule has 0 heterocycles. The summed E-state index contributed by atoms with van der Waals surface area (Å²) in [5, 5.41) is 11.7. The summed E-state index contributed by atoms with van der Waals surface area (Å²) in [4.78, 5) is 24.2. The molecule has 0 aliphatic carbocycles. The number of urea groups is 1. The van der Waals surface area contributed by atoms with Gasteiger partial charge in [-0.05, 0) is 17.9 Å². The number of benzene rings is 1. The van der Waals surface area contributed by atoms with Crippen molar-refractivity contribution in [3.63, 3.8) is 0 Å². The monoisotopic (exact) mass is 296 g/mol. The van der Waals surface area contributed by atoms with Crippen LogP contribution in [0.4, 0.5) is 10.5 Å². The van der Waals surface area contributed by atoms with E-state index in [1.807, 2.05) is 30.5 Å². The van der Waals surface area contributed by atoms with E-state index in [1.54, 1.807) is 25.7 Å². The van der Waals surface area contributed by atoms with Gasteiger partial charge in [0, 0.05) is 25.0 Å². The zero-order chi connectivity index (χ0) is 15.1. The van der Waals surface area contributed by atoms with Crippen molar-refractivity contribution in [3.05, 3.63) is 29.8 Å². The number of para-hydroxylation sites is 1. The van der Waals surface area contributed by atoms with Gasteiger partial charge in [-0.3, -0.25) is 4.79 Å². The standard InChI is InChI=1S/C14H20N2O3S/c1-10(13(17)18)8-16(2)14(19)15-12-7-5-4-6-11(12)9-20-3/h4-7,10H,8-9H2,1-3H3,(H,15,19)(H,17,18). The Morgan fingerprint density at radius 2 is 2.05 bits per heavy atom. The van der Waals surface area contributed by atoms with E-state index in [9.17, 15) is 9.59 Å². The Hall–Kier alpha value is -1.69. The van der Waals surface area contributed by atoms with Gasteiger partial charge in [0.1, 0.15) is 0 Å². The van der Waals surface area contributed by atoms with Crippen molar-refractivity contribution in [3.8, 4) is 0 Å². The highest BCUT2D eigenvalue weighted by molar-refractivity contribution is 7.97. The molecule has 0 aliphatic rings. The third kappa shape index (κ3) is 4.77. The predicted octanol–water partition coefficient (Wildman–Crippen LogP) is 2.73. The molecule has 0 aromatic heterocycles. The molecule has 1 aromatic carbocycles. The van der Waals surface area contributed by atoms with Crippen LogP contribution in [0.3, 0.4) is 0 Å². The van der Waals surface area contributed by atoms with Gasteiger partial charge in [0.05, 0.1) is 5.92 Å². The molecule has 1 rings (SSSR count). The van der Waals surface area contributed by atoms with Gasteiger partial charge in [0.25, 0.3) is 0 Å². The Kier molecular flexibility index (Phi) is 6.38. The number of carboxylic acid groups (broad SMARTS) is 1. The first-order valence-electron chi connectivity index (χ1n) is 6.27. The molecule has 0 saturated carbocycles. The van der Waals surface area contributed by atoms with Crippen molar-refractivity contribution >= 4 is 29.4 Å². The van der Waals surface area contributed by atoms with Crippen molar-refractivity contribution in [1.82, 2.24) is 4.90 Å². The van der Waals surface area contributed by atoms with Gasteiger partial charge in [0.15, 0.2) is 0 Å². The number of aliphatic carboxylic acids is 1. The summed E-state index contributed by atoms with van der Waals surface area (Å²) in [5.74, 6) is -0.689. The second-order valence-corrected chi connectivity index (χ2v) is 5.51. The van der Waals surface area contributed by atoms with Crippen LogP contribution in [0.1, 0.15) is 12.5 Å². The van der Waals surface area contributed by atoms with Gasteiger partial charge < -0.3 is 15.3 Å². The third-order valence-corrected chi connectivity index (χ3v) is 3.47. The fraction of sp³-hybridized carbons (Fsp3) is 0.429. The van der Waals surface area contributed by atoms with Crippen molar-refractivity contribution in [2.24, 2.45) is 5.92 Å². The van der Waals surface area contributed by atoms with E-state index in [2.05, 4.69) is 5.32 Å². The minimum Gasteiger partial charge on any atom is -0.481 e. The minimum absolute atomic E-state index is 0.172. The Bertz CT molecular complexity index is 479. The molecule has 1 aromatic rings. The van der Waals surface area contributed by atoms with E-state index < -0.39 is 11.9 Å². The smallest absolute Gasteiger partial charge is 0.321 e. The molecule has 0 radical (unpaired) electrons. The number of carboxylic acids is 1. The quantitative estimate of drug-likeness (QED) is 0.847. The highest BCUT2D eigenvalue weighted by Gasteiger charge is 2.17.